The molecule has 2 aliphatic carbocycles. The number of aliphatic hydroxyl groups excluding tert-OH is 2. The van der Waals surface area contributed by atoms with Gasteiger partial charge in [0.2, 0.25) is 0 Å². The molecule has 10 heteroatoms. The summed E-state index contributed by atoms with van der Waals surface area (Å²) in [5, 5.41) is 20.5. The molecule has 0 radical (unpaired) electrons. The van der Waals surface area contributed by atoms with Crippen LogP contribution in [0.5, 0.6) is 0 Å². The van der Waals surface area contributed by atoms with Gasteiger partial charge in [0.25, 0.3) is 0 Å². The Morgan fingerprint density at radius 1 is 0.973 bits per heavy atom. The van der Waals surface area contributed by atoms with Gasteiger partial charge in [0.1, 0.15) is 18.3 Å². The third-order valence-electron chi connectivity index (χ3n) is 9.61. The molecular weight excluding hydrogens is 484 g/mol. The van der Waals surface area contributed by atoms with Gasteiger partial charge in [-0.3, -0.25) is 0 Å². The number of cyclic esters (lactones) is 2. The van der Waals surface area contributed by atoms with Gasteiger partial charge in [-0.2, -0.15) is 0 Å². The first-order valence-corrected chi connectivity index (χ1v) is 13.1. The monoisotopic (exact) mass is 520 g/mol. The first-order chi connectivity index (χ1) is 17.7. The molecule has 2 saturated heterocycles. The van der Waals surface area contributed by atoms with Gasteiger partial charge in [-0.25, -0.2) is 14.4 Å². The third kappa shape index (κ3) is 4.22. The van der Waals surface area contributed by atoms with Gasteiger partial charge in [0.05, 0.1) is 25.4 Å². The van der Waals surface area contributed by atoms with E-state index in [2.05, 4.69) is 0 Å². The highest BCUT2D eigenvalue weighted by atomic mass is 16.6. The molecule has 2 N–H and O–H groups in total. The largest absolute Gasteiger partial charge is 0.463 e. The topological polar surface area (TPSA) is 141 Å². The smallest absolute Gasteiger partial charge is 0.335 e. The molecule has 2 bridgehead atoms. The summed E-state index contributed by atoms with van der Waals surface area (Å²) in [5.41, 5.74) is -2.12. The number of ether oxygens (including phenoxy) is 5. The van der Waals surface area contributed by atoms with Gasteiger partial charge in [-0.05, 0) is 37.5 Å². The number of aliphatic hydroxyl groups is 2. The summed E-state index contributed by atoms with van der Waals surface area (Å²) >= 11 is 0. The average Bonchev–Trinajstić information content (AvgIpc) is 3.66. The number of hydrogen-bond acceptors (Lipinski definition) is 10. The van der Waals surface area contributed by atoms with Crippen molar-refractivity contribution < 1.29 is 48.3 Å². The summed E-state index contributed by atoms with van der Waals surface area (Å²) in [6.45, 7) is 4.21. The molecule has 0 aromatic rings. The van der Waals surface area contributed by atoms with Crippen LogP contribution in [0.1, 0.15) is 46.0 Å². The summed E-state index contributed by atoms with van der Waals surface area (Å²) < 4.78 is 29.6. The third-order valence-corrected chi connectivity index (χ3v) is 9.61. The van der Waals surface area contributed by atoms with Crippen LogP contribution >= 0.6 is 0 Å². The number of carbonyl (C=O) groups excluding carboxylic acids is 3. The molecule has 0 amide bonds. The van der Waals surface area contributed by atoms with Gasteiger partial charge in [0, 0.05) is 36.0 Å². The maximum absolute atomic E-state index is 13.0. The van der Waals surface area contributed by atoms with Crippen molar-refractivity contribution in [3.63, 3.8) is 0 Å². The summed E-state index contributed by atoms with van der Waals surface area (Å²) in [6, 6.07) is 0. The van der Waals surface area contributed by atoms with Crippen molar-refractivity contribution in [2.24, 2.45) is 22.7 Å². The lowest BCUT2D eigenvalue weighted by atomic mass is 9.50. The number of rotatable bonds is 1. The number of esters is 3. The van der Waals surface area contributed by atoms with E-state index in [4.69, 9.17) is 23.7 Å². The van der Waals surface area contributed by atoms with Crippen LogP contribution in [0.15, 0.2) is 24.3 Å². The lowest BCUT2D eigenvalue weighted by Crippen LogP contribution is -2.68. The Morgan fingerprint density at radius 2 is 1.70 bits per heavy atom. The first-order valence-electron chi connectivity index (χ1n) is 13.1. The van der Waals surface area contributed by atoms with Gasteiger partial charge in [-0.1, -0.05) is 26.0 Å². The quantitative estimate of drug-likeness (QED) is 0.295. The van der Waals surface area contributed by atoms with E-state index in [1.807, 2.05) is 6.92 Å². The van der Waals surface area contributed by atoms with E-state index in [9.17, 15) is 24.6 Å². The highest BCUT2D eigenvalue weighted by molar-refractivity contribution is 5.84. The van der Waals surface area contributed by atoms with E-state index >= 15 is 0 Å². The molecule has 5 rings (SSSR count). The maximum Gasteiger partial charge on any atom is 0.335 e. The molecule has 9 unspecified atom stereocenters. The Hall–Kier alpha value is -2.27. The Kier molecular flexibility index (Phi) is 6.97. The highest BCUT2D eigenvalue weighted by Gasteiger charge is 2.83. The Morgan fingerprint density at radius 3 is 2.41 bits per heavy atom. The van der Waals surface area contributed by atoms with Gasteiger partial charge in [-0.15, -0.1) is 0 Å². The molecule has 3 aliphatic heterocycles. The first kappa shape index (κ1) is 26.3. The SMILES string of the molecule is CC1CCOC(=O)C=CC=CC(=O)OC2CC3OC4CC(CO)CCC4(COC(=O)C1O)C2(C)C31CO1. The normalized spacial score (nSPS) is 46.3. The zero-order valence-corrected chi connectivity index (χ0v) is 21.3. The molecule has 2 saturated carbocycles. The van der Waals surface area contributed by atoms with E-state index < -0.39 is 52.5 Å². The van der Waals surface area contributed by atoms with Crippen LogP contribution in [-0.2, 0) is 38.1 Å². The van der Waals surface area contributed by atoms with Crippen molar-refractivity contribution in [2.45, 2.75) is 76.0 Å². The van der Waals surface area contributed by atoms with E-state index in [1.54, 1.807) is 6.92 Å². The fourth-order valence-electron chi connectivity index (χ4n) is 7.11. The van der Waals surface area contributed by atoms with E-state index in [1.165, 1.54) is 24.3 Å². The Bertz CT molecular complexity index is 986. The second-order valence-corrected chi connectivity index (χ2v) is 11.3. The number of carbonyl (C=O) groups is 3. The lowest BCUT2D eigenvalue weighted by molar-refractivity contribution is -0.259. The molecule has 0 aromatic heterocycles. The molecular formula is C27H36O10. The van der Waals surface area contributed by atoms with E-state index in [0.717, 1.165) is 0 Å². The fraction of sp³-hybridized carbons (Fsp3) is 0.741. The average molecular weight is 521 g/mol. The lowest BCUT2D eigenvalue weighted by Gasteiger charge is -2.60. The van der Waals surface area contributed by atoms with Crippen molar-refractivity contribution in [3.05, 3.63) is 24.3 Å². The maximum atomic E-state index is 13.0. The van der Waals surface area contributed by atoms with Crippen molar-refractivity contribution in [1.82, 2.24) is 0 Å². The van der Waals surface area contributed by atoms with Crippen LogP contribution in [-0.4, -0.2) is 84.6 Å². The number of allylic oxidation sites excluding steroid dienone is 2. The predicted molar refractivity (Wildman–Crippen MR) is 127 cm³/mol. The molecule has 5 aliphatic rings. The van der Waals surface area contributed by atoms with Crippen LogP contribution in [0.3, 0.4) is 0 Å². The van der Waals surface area contributed by atoms with Crippen molar-refractivity contribution in [2.75, 3.05) is 26.4 Å². The number of epoxide rings is 1. The summed E-state index contributed by atoms with van der Waals surface area (Å²) in [6.07, 6.45) is 5.25. The fourth-order valence-corrected chi connectivity index (χ4v) is 7.11. The van der Waals surface area contributed by atoms with Crippen LogP contribution in [0, 0.1) is 22.7 Å². The van der Waals surface area contributed by atoms with Crippen LogP contribution in [0.25, 0.3) is 0 Å². The second kappa shape index (κ2) is 9.80. The number of hydrogen-bond donors (Lipinski definition) is 2. The van der Waals surface area contributed by atoms with Crippen LogP contribution < -0.4 is 0 Å². The minimum atomic E-state index is -1.40. The zero-order chi connectivity index (χ0) is 26.4. The minimum absolute atomic E-state index is 0.0177. The zero-order valence-electron chi connectivity index (χ0n) is 21.3. The predicted octanol–water partition coefficient (Wildman–Crippen LogP) is 1.22. The highest BCUT2D eigenvalue weighted by Crippen LogP contribution is 2.72. The van der Waals surface area contributed by atoms with Gasteiger partial charge < -0.3 is 33.9 Å². The molecule has 37 heavy (non-hydrogen) atoms. The molecule has 10 nitrogen and oxygen atoms in total. The Balaban J connectivity index is 1.51. The molecule has 3 heterocycles. The van der Waals surface area contributed by atoms with Crippen molar-refractivity contribution in [1.29, 1.82) is 0 Å². The summed E-state index contributed by atoms with van der Waals surface area (Å²) in [7, 11) is 0. The summed E-state index contributed by atoms with van der Waals surface area (Å²) in [5.74, 6) is -2.37. The summed E-state index contributed by atoms with van der Waals surface area (Å²) in [4.78, 5) is 37.7. The molecule has 2 spiro atoms. The molecule has 0 aromatic carbocycles. The van der Waals surface area contributed by atoms with Gasteiger partial charge in [0.15, 0.2) is 6.10 Å². The Labute approximate surface area is 215 Å². The molecule has 204 valence electrons. The van der Waals surface area contributed by atoms with E-state index in [0.29, 0.717) is 32.3 Å². The van der Waals surface area contributed by atoms with Crippen LogP contribution in [0.2, 0.25) is 0 Å². The second-order valence-electron chi connectivity index (χ2n) is 11.3. The van der Waals surface area contributed by atoms with Crippen LogP contribution in [0.4, 0.5) is 0 Å². The molecule has 4 fully saturated rings. The van der Waals surface area contributed by atoms with Crippen molar-refractivity contribution >= 4 is 17.9 Å². The standard InChI is InChI=1S/C27H36O10/c1-16-8-10-33-21(29)5-3-4-6-22(30)37-18-12-20-27(15-35-27)25(18,2)26(14-34-24(32)23(16)31)9-7-17(13-28)11-19(26)36-20/h3-6,16-20,23,28,31H,7-15H2,1-2H3. The minimum Gasteiger partial charge on any atom is -0.463 e. The van der Waals surface area contributed by atoms with Crippen molar-refractivity contribution in [3.8, 4) is 0 Å². The molecule has 9 atom stereocenters. The van der Waals surface area contributed by atoms with Gasteiger partial charge >= 0.3 is 17.9 Å². The van der Waals surface area contributed by atoms with E-state index in [-0.39, 0.29) is 44.4 Å².